The van der Waals surface area contributed by atoms with Crippen LogP contribution in [0.5, 0.6) is 0 Å². The molecule has 0 aliphatic heterocycles. The number of hydrogen-bond acceptors (Lipinski definition) is 3. The standard InChI is InChI=1S/C26H23N5/c1-18-11-12-24-23(14-18)26(20(3)30(24)16-21-8-5-4-6-9-21)19(2)22-15-28-31(17-22)25-10-7-13-27-29-25/h4-15,17H,2,16H2,1,3H3. The topological polar surface area (TPSA) is 48.5 Å². The van der Waals surface area contributed by atoms with E-state index in [1.807, 2.05) is 24.5 Å². The van der Waals surface area contributed by atoms with Crippen LogP contribution in [0.1, 0.15) is 27.9 Å². The van der Waals surface area contributed by atoms with E-state index < -0.39 is 0 Å². The van der Waals surface area contributed by atoms with Crippen LogP contribution in [0.4, 0.5) is 0 Å². The molecule has 5 aromatic rings. The third kappa shape index (κ3) is 3.44. The largest absolute Gasteiger partial charge is 0.340 e. The third-order valence-electron chi connectivity index (χ3n) is 5.69. The van der Waals surface area contributed by atoms with Crippen LogP contribution in [0.15, 0.2) is 85.8 Å². The van der Waals surface area contributed by atoms with Gasteiger partial charge < -0.3 is 4.57 Å². The first-order chi connectivity index (χ1) is 15.1. The van der Waals surface area contributed by atoms with Gasteiger partial charge in [0.2, 0.25) is 0 Å². The van der Waals surface area contributed by atoms with Crippen molar-refractivity contribution in [3.63, 3.8) is 0 Å². The Morgan fingerprint density at radius 1 is 1.00 bits per heavy atom. The average molecular weight is 406 g/mol. The summed E-state index contributed by atoms with van der Waals surface area (Å²) in [6.07, 6.45) is 5.45. The van der Waals surface area contributed by atoms with Gasteiger partial charge in [-0.25, -0.2) is 4.68 Å². The van der Waals surface area contributed by atoms with E-state index in [0.29, 0.717) is 5.82 Å². The van der Waals surface area contributed by atoms with Crippen molar-refractivity contribution in [2.75, 3.05) is 0 Å². The molecule has 2 aromatic carbocycles. The monoisotopic (exact) mass is 405 g/mol. The van der Waals surface area contributed by atoms with Gasteiger partial charge in [0.25, 0.3) is 0 Å². The zero-order chi connectivity index (χ0) is 21.4. The molecule has 0 spiro atoms. The van der Waals surface area contributed by atoms with E-state index in [4.69, 9.17) is 0 Å². The van der Waals surface area contributed by atoms with Gasteiger partial charge >= 0.3 is 0 Å². The zero-order valence-corrected chi connectivity index (χ0v) is 17.7. The fourth-order valence-corrected chi connectivity index (χ4v) is 4.11. The van der Waals surface area contributed by atoms with Crippen LogP contribution in [-0.2, 0) is 6.54 Å². The smallest absolute Gasteiger partial charge is 0.175 e. The highest BCUT2D eigenvalue weighted by Gasteiger charge is 2.19. The summed E-state index contributed by atoms with van der Waals surface area (Å²) in [6.45, 7) is 9.58. The Labute approximate surface area is 181 Å². The summed E-state index contributed by atoms with van der Waals surface area (Å²) in [4.78, 5) is 0. The lowest BCUT2D eigenvalue weighted by Gasteiger charge is -2.10. The number of aryl methyl sites for hydroxylation is 1. The van der Waals surface area contributed by atoms with E-state index in [9.17, 15) is 0 Å². The lowest BCUT2D eigenvalue weighted by atomic mass is 9.98. The number of fused-ring (bicyclic) bond motifs is 1. The summed E-state index contributed by atoms with van der Waals surface area (Å²) in [6, 6.07) is 20.9. The number of hydrogen-bond donors (Lipinski definition) is 0. The fourth-order valence-electron chi connectivity index (χ4n) is 4.11. The predicted octanol–water partition coefficient (Wildman–Crippen LogP) is 5.34. The quantitative estimate of drug-likeness (QED) is 0.396. The summed E-state index contributed by atoms with van der Waals surface area (Å²) in [7, 11) is 0. The van der Waals surface area contributed by atoms with Crippen LogP contribution in [0.2, 0.25) is 0 Å². The normalized spacial score (nSPS) is 11.2. The molecule has 0 aliphatic carbocycles. The first-order valence-corrected chi connectivity index (χ1v) is 10.3. The molecule has 0 N–H and O–H groups in total. The van der Waals surface area contributed by atoms with Gasteiger partial charge in [-0.05, 0) is 49.2 Å². The third-order valence-corrected chi connectivity index (χ3v) is 5.69. The molecule has 0 aliphatic rings. The second kappa shape index (κ2) is 7.69. The number of rotatable bonds is 5. The Morgan fingerprint density at radius 2 is 1.84 bits per heavy atom. The van der Waals surface area contributed by atoms with Crippen LogP contribution in [0.3, 0.4) is 0 Å². The summed E-state index contributed by atoms with van der Waals surface area (Å²) >= 11 is 0. The molecule has 3 aromatic heterocycles. The molecule has 152 valence electrons. The highest BCUT2D eigenvalue weighted by molar-refractivity contribution is 5.98. The van der Waals surface area contributed by atoms with E-state index in [1.54, 1.807) is 10.9 Å². The van der Waals surface area contributed by atoms with E-state index >= 15 is 0 Å². The van der Waals surface area contributed by atoms with Crippen molar-refractivity contribution in [3.05, 3.63) is 114 Å². The zero-order valence-electron chi connectivity index (χ0n) is 17.7. The summed E-state index contributed by atoms with van der Waals surface area (Å²) in [5.74, 6) is 0.681. The Morgan fingerprint density at radius 3 is 2.61 bits per heavy atom. The van der Waals surface area contributed by atoms with Gasteiger partial charge in [-0.15, -0.1) is 5.10 Å². The van der Waals surface area contributed by atoms with E-state index in [0.717, 1.165) is 23.2 Å². The van der Waals surface area contributed by atoms with Crippen LogP contribution in [-0.4, -0.2) is 24.5 Å². The molecule has 0 radical (unpaired) electrons. The van der Waals surface area contributed by atoms with Gasteiger partial charge in [0.15, 0.2) is 5.82 Å². The Balaban J connectivity index is 1.61. The first-order valence-electron chi connectivity index (χ1n) is 10.3. The molecule has 0 saturated carbocycles. The van der Waals surface area contributed by atoms with Crippen molar-refractivity contribution >= 4 is 16.5 Å². The molecule has 0 atom stereocenters. The van der Waals surface area contributed by atoms with Gasteiger partial charge in [0, 0.05) is 46.7 Å². The maximum atomic E-state index is 4.48. The number of aromatic nitrogens is 5. The minimum Gasteiger partial charge on any atom is -0.340 e. The van der Waals surface area contributed by atoms with E-state index in [2.05, 4.69) is 88.8 Å². The van der Waals surface area contributed by atoms with Crippen molar-refractivity contribution in [1.29, 1.82) is 0 Å². The van der Waals surface area contributed by atoms with E-state index in [1.165, 1.54) is 27.7 Å². The molecule has 5 rings (SSSR count). The molecule has 0 unspecified atom stereocenters. The SMILES string of the molecule is C=C(c1cnn(-c2cccnn2)c1)c1c(C)n(Cc2ccccc2)c2ccc(C)cc12. The molecule has 5 nitrogen and oxygen atoms in total. The molecular formula is C26H23N5. The number of nitrogens with zero attached hydrogens (tertiary/aromatic N) is 5. The van der Waals surface area contributed by atoms with Gasteiger partial charge in [-0.3, -0.25) is 0 Å². The molecule has 0 saturated heterocycles. The van der Waals surface area contributed by atoms with Crippen LogP contribution in [0, 0.1) is 13.8 Å². The fraction of sp³-hybridized carbons (Fsp3) is 0.115. The minimum atomic E-state index is 0.681. The predicted molar refractivity (Wildman–Crippen MR) is 124 cm³/mol. The second-order valence-corrected chi connectivity index (χ2v) is 7.79. The Hall–Kier alpha value is -3.99. The number of benzene rings is 2. The average Bonchev–Trinajstić information content (AvgIpc) is 3.39. The molecular weight excluding hydrogens is 382 g/mol. The van der Waals surface area contributed by atoms with Crippen LogP contribution >= 0.6 is 0 Å². The Bertz CT molecular complexity index is 1380. The minimum absolute atomic E-state index is 0.681. The van der Waals surface area contributed by atoms with Crippen molar-refractivity contribution in [2.24, 2.45) is 0 Å². The maximum absolute atomic E-state index is 4.48. The van der Waals surface area contributed by atoms with Gasteiger partial charge in [0.1, 0.15) is 0 Å². The summed E-state index contributed by atoms with van der Waals surface area (Å²) in [5.41, 5.74) is 7.99. The molecule has 0 amide bonds. The first kappa shape index (κ1) is 19.0. The summed E-state index contributed by atoms with van der Waals surface area (Å²) in [5, 5.41) is 13.8. The van der Waals surface area contributed by atoms with Crippen molar-refractivity contribution in [1.82, 2.24) is 24.5 Å². The van der Waals surface area contributed by atoms with Crippen molar-refractivity contribution < 1.29 is 0 Å². The lowest BCUT2D eigenvalue weighted by Crippen LogP contribution is -2.02. The van der Waals surface area contributed by atoms with Crippen LogP contribution < -0.4 is 0 Å². The van der Waals surface area contributed by atoms with E-state index in [-0.39, 0.29) is 0 Å². The maximum Gasteiger partial charge on any atom is 0.175 e. The van der Waals surface area contributed by atoms with Gasteiger partial charge in [-0.1, -0.05) is 48.5 Å². The molecule has 5 heteroatoms. The highest BCUT2D eigenvalue weighted by Crippen LogP contribution is 2.35. The lowest BCUT2D eigenvalue weighted by molar-refractivity contribution is 0.803. The van der Waals surface area contributed by atoms with Crippen molar-refractivity contribution in [3.8, 4) is 5.82 Å². The molecule has 0 bridgehead atoms. The molecule has 0 fully saturated rings. The van der Waals surface area contributed by atoms with Crippen molar-refractivity contribution in [2.45, 2.75) is 20.4 Å². The summed E-state index contributed by atoms with van der Waals surface area (Å²) < 4.78 is 4.11. The van der Waals surface area contributed by atoms with Crippen LogP contribution in [0.25, 0.3) is 22.3 Å². The molecule has 3 heterocycles. The van der Waals surface area contributed by atoms with Gasteiger partial charge in [-0.2, -0.15) is 10.2 Å². The van der Waals surface area contributed by atoms with Gasteiger partial charge in [0.05, 0.1) is 6.20 Å². The second-order valence-electron chi connectivity index (χ2n) is 7.79. The Kier molecular flexibility index (Phi) is 4.71. The molecule has 31 heavy (non-hydrogen) atoms. The highest BCUT2D eigenvalue weighted by atomic mass is 15.3.